The lowest BCUT2D eigenvalue weighted by molar-refractivity contribution is 0.669. The Kier molecular flexibility index (Phi) is 5.74. The third-order valence-corrected chi connectivity index (χ3v) is 10.1. The van der Waals surface area contributed by atoms with Crippen LogP contribution in [0.3, 0.4) is 0 Å². The van der Waals surface area contributed by atoms with Crippen molar-refractivity contribution in [3.05, 3.63) is 194 Å². The van der Waals surface area contributed by atoms with Crippen LogP contribution >= 0.6 is 0 Å². The minimum absolute atomic E-state index is 0.0143. The van der Waals surface area contributed by atoms with Gasteiger partial charge < -0.3 is 8.98 Å². The lowest BCUT2D eigenvalue weighted by atomic mass is 9.93. The van der Waals surface area contributed by atoms with Crippen LogP contribution in [0.2, 0.25) is 0 Å². The second-order valence-corrected chi connectivity index (χ2v) is 13.4. The molecule has 0 bridgehead atoms. The van der Waals surface area contributed by atoms with E-state index in [4.69, 9.17) is 27.6 Å². The number of rotatable bonds is 6. The molecule has 56 heavy (non-hydrogen) atoms. The molecule has 0 aliphatic carbocycles. The Morgan fingerprint density at radius 1 is 0.393 bits per heavy atom. The zero-order chi connectivity index (χ0) is 44.0. The highest BCUT2D eigenvalue weighted by Crippen LogP contribution is 2.40. The standard InChI is InChI=1S/C51H32N4O/c1-3-15-33(16-4-1)37-19-7-8-20-38(37)35-28-30-46(55-44-24-12-9-21-39(44)40-22-10-13-25-45(40)55)43(31-35)51-53-49(34-17-5-2-6-18-34)52-50(54-51)36-27-29-42-41-23-11-14-26-47(41)56-48(42)32-36/h1-32H/i9D,10D,12D,13D,21D,22D,24D,25D. The zero-order valence-electron chi connectivity index (χ0n) is 37.6. The summed E-state index contributed by atoms with van der Waals surface area (Å²) in [5.41, 5.74) is 7.07. The number of furan rings is 1. The number of hydrogen-bond acceptors (Lipinski definition) is 4. The Bertz CT molecular complexity index is 3640. The summed E-state index contributed by atoms with van der Waals surface area (Å²) in [6.45, 7) is 0. The predicted molar refractivity (Wildman–Crippen MR) is 229 cm³/mol. The van der Waals surface area contributed by atoms with Crippen molar-refractivity contribution in [3.63, 3.8) is 0 Å². The number of nitrogens with zero attached hydrogens (tertiary/aromatic N) is 4. The van der Waals surface area contributed by atoms with Crippen molar-refractivity contribution in [3.8, 4) is 62.1 Å². The zero-order valence-corrected chi connectivity index (χ0v) is 29.6. The van der Waals surface area contributed by atoms with E-state index in [9.17, 15) is 2.74 Å². The molecule has 8 aromatic carbocycles. The third kappa shape index (κ3) is 5.29. The van der Waals surface area contributed by atoms with E-state index < -0.39 is 48.3 Å². The summed E-state index contributed by atoms with van der Waals surface area (Å²) in [6.07, 6.45) is 0. The van der Waals surface area contributed by atoms with Gasteiger partial charge in [-0.15, -0.1) is 0 Å². The van der Waals surface area contributed by atoms with Crippen LogP contribution in [-0.4, -0.2) is 19.5 Å². The third-order valence-electron chi connectivity index (χ3n) is 10.1. The molecular weight excluding hydrogens is 685 g/mol. The van der Waals surface area contributed by atoms with Gasteiger partial charge in [0.2, 0.25) is 0 Å². The number of benzene rings is 8. The molecule has 262 valence electrons. The van der Waals surface area contributed by atoms with E-state index in [1.54, 1.807) is 6.07 Å². The van der Waals surface area contributed by atoms with Gasteiger partial charge in [0.25, 0.3) is 0 Å². The number of hydrogen-bond donors (Lipinski definition) is 0. The van der Waals surface area contributed by atoms with E-state index >= 15 is 0 Å². The fourth-order valence-corrected chi connectivity index (χ4v) is 7.55. The van der Waals surface area contributed by atoms with Crippen molar-refractivity contribution >= 4 is 43.7 Å². The molecule has 0 aliphatic heterocycles. The molecule has 0 atom stereocenters. The van der Waals surface area contributed by atoms with Gasteiger partial charge in [0, 0.05) is 38.2 Å². The van der Waals surface area contributed by atoms with Gasteiger partial charge in [0.05, 0.1) is 27.7 Å². The Balaban J connectivity index is 1.27. The summed E-state index contributed by atoms with van der Waals surface area (Å²) in [6, 6.07) is 43.0. The van der Waals surface area contributed by atoms with Crippen LogP contribution in [0.1, 0.15) is 11.0 Å². The van der Waals surface area contributed by atoms with Crippen molar-refractivity contribution in [1.82, 2.24) is 19.5 Å². The normalized spacial score (nSPS) is 13.6. The Morgan fingerprint density at radius 2 is 0.946 bits per heavy atom. The van der Waals surface area contributed by atoms with E-state index in [1.807, 2.05) is 140 Å². The molecule has 11 rings (SSSR count). The van der Waals surface area contributed by atoms with Gasteiger partial charge in [-0.05, 0) is 64.7 Å². The first-order valence-electron chi connectivity index (χ1n) is 22.1. The van der Waals surface area contributed by atoms with Crippen LogP contribution in [0, 0.1) is 0 Å². The summed E-state index contributed by atoms with van der Waals surface area (Å²) in [7, 11) is 0. The van der Waals surface area contributed by atoms with Crippen LogP contribution in [-0.2, 0) is 0 Å². The van der Waals surface area contributed by atoms with Crippen LogP contribution in [0.15, 0.2) is 198 Å². The van der Waals surface area contributed by atoms with Crippen LogP contribution in [0.25, 0.3) is 106 Å². The molecule has 0 unspecified atom stereocenters. The number of para-hydroxylation sites is 3. The molecule has 0 saturated carbocycles. The summed E-state index contributed by atoms with van der Waals surface area (Å²) < 4.78 is 79.4. The highest BCUT2D eigenvalue weighted by molar-refractivity contribution is 6.10. The van der Waals surface area contributed by atoms with E-state index in [2.05, 4.69) is 0 Å². The van der Waals surface area contributed by atoms with Crippen LogP contribution < -0.4 is 0 Å². The second-order valence-electron chi connectivity index (χ2n) is 13.4. The highest BCUT2D eigenvalue weighted by Gasteiger charge is 2.21. The first-order valence-corrected chi connectivity index (χ1v) is 18.1. The molecule has 3 heterocycles. The molecule has 5 nitrogen and oxygen atoms in total. The number of fused-ring (bicyclic) bond motifs is 6. The first kappa shape index (κ1) is 24.6. The van der Waals surface area contributed by atoms with E-state index in [-0.39, 0.29) is 27.6 Å². The molecule has 11 aromatic rings. The summed E-state index contributed by atoms with van der Waals surface area (Å²) in [5.74, 6) is 0.898. The monoisotopic (exact) mass is 724 g/mol. The highest BCUT2D eigenvalue weighted by atomic mass is 16.3. The maximum absolute atomic E-state index is 9.29. The molecule has 0 fully saturated rings. The van der Waals surface area contributed by atoms with E-state index in [1.165, 1.54) is 4.57 Å². The molecule has 0 saturated heterocycles. The van der Waals surface area contributed by atoms with E-state index in [0.29, 0.717) is 39.6 Å². The Morgan fingerprint density at radius 3 is 1.68 bits per heavy atom. The molecule has 0 aliphatic rings. The fourth-order valence-electron chi connectivity index (χ4n) is 7.55. The van der Waals surface area contributed by atoms with Gasteiger partial charge in [-0.1, -0.05) is 152 Å². The largest absolute Gasteiger partial charge is 0.456 e. The summed E-state index contributed by atoms with van der Waals surface area (Å²) in [5, 5.41) is 1.85. The minimum atomic E-state index is -0.520. The van der Waals surface area contributed by atoms with Crippen LogP contribution in [0.5, 0.6) is 0 Å². The molecular formula is C51H32N4O. The second kappa shape index (κ2) is 13.0. The smallest absolute Gasteiger partial charge is 0.166 e. The lowest BCUT2D eigenvalue weighted by Crippen LogP contribution is -2.04. The van der Waals surface area contributed by atoms with Gasteiger partial charge in [-0.25, -0.2) is 15.0 Å². The molecule has 5 heteroatoms. The fraction of sp³-hybridized carbons (Fsp3) is 0. The average molecular weight is 725 g/mol. The Labute approximate surface area is 334 Å². The molecule has 0 radical (unpaired) electrons. The van der Waals surface area contributed by atoms with Gasteiger partial charge in [0.1, 0.15) is 11.2 Å². The molecule has 0 N–H and O–H groups in total. The van der Waals surface area contributed by atoms with E-state index in [0.717, 1.165) is 38.6 Å². The van der Waals surface area contributed by atoms with Crippen molar-refractivity contribution < 1.29 is 15.4 Å². The molecule has 3 aromatic heterocycles. The topological polar surface area (TPSA) is 56.7 Å². The minimum Gasteiger partial charge on any atom is -0.456 e. The maximum atomic E-state index is 9.29. The lowest BCUT2D eigenvalue weighted by Gasteiger charge is -2.17. The van der Waals surface area contributed by atoms with Crippen molar-refractivity contribution in [2.24, 2.45) is 0 Å². The average Bonchev–Trinajstić information content (AvgIpc) is 3.90. The van der Waals surface area contributed by atoms with Gasteiger partial charge in [0.15, 0.2) is 17.5 Å². The van der Waals surface area contributed by atoms with Gasteiger partial charge in [-0.2, -0.15) is 0 Å². The quantitative estimate of drug-likeness (QED) is 0.171. The maximum Gasteiger partial charge on any atom is 0.166 e. The van der Waals surface area contributed by atoms with Crippen LogP contribution in [0.4, 0.5) is 0 Å². The van der Waals surface area contributed by atoms with Crippen molar-refractivity contribution in [1.29, 1.82) is 0 Å². The SMILES string of the molecule is [2H]c1c([2H])c([2H])c2c(c1[2H])c1c([2H])c([2H])c([2H])c([2H])c1n2-c1ccc(-c2ccccc2-c2ccccc2)cc1-c1nc(-c2ccccc2)nc(-c2ccc3c(c2)oc2ccccc23)n1. The molecule has 0 amide bonds. The summed E-state index contributed by atoms with van der Waals surface area (Å²) >= 11 is 0. The predicted octanol–water partition coefficient (Wildman–Crippen LogP) is 13.2. The molecule has 0 spiro atoms. The summed E-state index contributed by atoms with van der Waals surface area (Å²) in [4.78, 5) is 15.3. The number of aromatic nitrogens is 4. The van der Waals surface area contributed by atoms with Crippen molar-refractivity contribution in [2.75, 3.05) is 0 Å². The van der Waals surface area contributed by atoms with Gasteiger partial charge in [-0.3, -0.25) is 0 Å². The van der Waals surface area contributed by atoms with Crippen molar-refractivity contribution in [2.45, 2.75) is 0 Å². The Hall–Kier alpha value is -7.63. The first-order chi connectivity index (χ1) is 31.1. The van der Waals surface area contributed by atoms with Gasteiger partial charge >= 0.3 is 0 Å².